The maximum absolute atomic E-state index is 12.9. The van der Waals surface area contributed by atoms with E-state index in [1.807, 2.05) is 0 Å². The van der Waals surface area contributed by atoms with Crippen molar-refractivity contribution < 1.29 is 35.6 Å². The molecule has 0 bridgehead atoms. The highest BCUT2D eigenvalue weighted by molar-refractivity contribution is 7.89. The summed E-state index contributed by atoms with van der Waals surface area (Å²) in [6.45, 7) is 5.56. The van der Waals surface area contributed by atoms with E-state index in [2.05, 4.69) is 14.8 Å². The topological polar surface area (TPSA) is 96.2 Å². The number of sulfonamides is 1. The minimum absolute atomic E-state index is 0.0394. The second kappa shape index (κ2) is 10.7. The lowest BCUT2D eigenvalue weighted by Crippen LogP contribution is -2.52. The van der Waals surface area contributed by atoms with E-state index in [0.29, 0.717) is 57.7 Å². The van der Waals surface area contributed by atoms with Crippen molar-refractivity contribution in [3.05, 3.63) is 11.5 Å². The Morgan fingerprint density at radius 3 is 2.30 bits per heavy atom. The van der Waals surface area contributed by atoms with Gasteiger partial charge >= 0.3 is 6.18 Å². The number of ether oxygens (including phenoxy) is 1. The summed E-state index contributed by atoms with van der Waals surface area (Å²) in [6, 6.07) is 0. The Morgan fingerprint density at radius 1 is 1.12 bits per heavy atom. The first-order valence-electron chi connectivity index (χ1n) is 11.1. The highest BCUT2D eigenvalue weighted by atomic mass is 32.2. The van der Waals surface area contributed by atoms with E-state index < -0.39 is 22.8 Å². The number of rotatable bonds is 8. The average Bonchev–Trinajstić information content (AvgIpc) is 3.11. The summed E-state index contributed by atoms with van der Waals surface area (Å²) in [5.74, 6) is 0.0801. The van der Waals surface area contributed by atoms with E-state index in [0.717, 1.165) is 0 Å². The van der Waals surface area contributed by atoms with Crippen LogP contribution in [0.3, 0.4) is 0 Å². The van der Waals surface area contributed by atoms with Gasteiger partial charge in [0.1, 0.15) is 17.2 Å². The molecular formula is C20H31F3N4O5S. The van der Waals surface area contributed by atoms with Gasteiger partial charge in [0.2, 0.25) is 15.9 Å². The van der Waals surface area contributed by atoms with Gasteiger partial charge in [-0.3, -0.25) is 9.69 Å². The fourth-order valence-corrected chi connectivity index (χ4v) is 6.10. The van der Waals surface area contributed by atoms with E-state index in [-0.39, 0.29) is 42.2 Å². The third kappa shape index (κ3) is 6.67. The van der Waals surface area contributed by atoms with Gasteiger partial charge in [-0.25, -0.2) is 8.42 Å². The molecular weight excluding hydrogens is 465 g/mol. The maximum atomic E-state index is 12.9. The van der Waals surface area contributed by atoms with Gasteiger partial charge in [-0.05, 0) is 33.1 Å². The van der Waals surface area contributed by atoms with Crippen molar-refractivity contribution in [3.63, 3.8) is 0 Å². The van der Waals surface area contributed by atoms with Crippen molar-refractivity contribution in [2.75, 3.05) is 59.0 Å². The Bertz CT molecular complexity index is 886. The summed E-state index contributed by atoms with van der Waals surface area (Å²) in [4.78, 5) is 17.0. The van der Waals surface area contributed by atoms with E-state index >= 15 is 0 Å². The molecule has 188 valence electrons. The van der Waals surface area contributed by atoms with Gasteiger partial charge in [0.05, 0.1) is 0 Å². The van der Waals surface area contributed by atoms with Crippen LogP contribution in [0.1, 0.15) is 30.7 Å². The first kappa shape index (κ1) is 25.9. The zero-order valence-corrected chi connectivity index (χ0v) is 19.8. The average molecular weight is 497 g/mol. The Morgan fingerprint density at radius 2 is 1.76 bits per heavy atom. The standard InChI is InChI=1S/C20H31F3N4O5S/c1-15-18(16(2)32-24-15)33(29,30)27-7-4-17(5-8-27)19(28)26-11-9-25(10-12-26)6-3-13-31-14-20(21,22)23/h17H,3-14H2,1-2H3. The predicted molar refractivity (Wildman–Crippen MR) is 112 cm³/mol. The molecule has 1 aromatic rings. The molecule has 2 aliphatic heterocycles. The quantitative estimate of drug-likeness (QED) is 0.507. The number of nitrogens with zero attached hydrogens (tertiary/aromatic N) is 4. The molecule has 0 aromatic carbocycles. The summed E-state index contributed by atoms with van der Waals surface area (Å²) in [6.07, 6.45) is -2.89. The lowest BCUT2D eigenvalue weighted by atomic mass is 9.96. The van der Waals surface area contributed by atoms with Crippen LogP contribution in [-0.2, 0) is 19.6 Å². The number of carbonyl (C=O) groups excluding carboxylic acids is 1. The second-order valence-electron chi connectivity index (χ2n) is 8.52. The zero-order chi connectivity index (χ0) is 24.2. The normalized spacial score (nSPS) is 19.8. The third-order valence-electron chi connectivity index (χ3n) is 6.08. The van der Waals surface area contributed by atoms with Crippen LogP contribution < -0.4 is 0 Å². The molecule has 9 nitrogen and oxygen atoms in total. The Hall–Kier alpha value is -1.70. The van der Waals surface area contributed by atoms with Gasteiger partial charge in [-0.15, -0.1) is 0 Å². The molecule has 0 radical (unpaired) electrons. The molecule has 0 unspecified atom stereocenters. The smallest absolute Gasteiger partial charge is 0.372 e. The molecule has 2 saturated heterocycles. The number of aromatic nitrogens is 1. The van der Waals surface area contributed by atoms with Crippen LogP contribution in [0.2, 0.25) is 0 Å². The number of hydrogen-bond donors (Lipinski definition) is 0. The van der Waals surface area contributed by atoms with Crippen LogP contribution in [-0.4, -0.2) is 98.8 Å². The molecule has 13 heteroatoms. The highest BCUT2D eigenvalue weighted by Gasteiger charge is 2.37. The molecule has 33 heavy (non-hydrogen) atoms. The Kier molecular flexibility index (Phi) is 8.40. The van der Waals surface area contributed by atoms with Crippen molar-refractivity contribution in [2.24, 2.45) is 5.92 Å². The number of halogens is 3. The summed E-state index contributed by atoms with van der Waals surface area (Å²) in [5, 5.41) is 3.73. The number of amides is 1. The number of aryl methyl sites for hydroxylation is 2. The maximum Gasteiger partial charge on any atom is 0.411 e. The Balaban J connectivity index is 1.40. The molecule has 0 saturated carbocycles. The van der Waals surface area contributed by atoms with Gasteiger partial charge in [0.25, 0.3) is 0 Å². The molecule has 0 aliphatic carbocycles. The van der Waals surface area contributed by atoms with Gasteiger partial charge < -0.3 is 14.2 Å². The molecule has 0 atom stereocenters. The molecule has 3 heterocycles. The number of carbonyl (C=O) groups is 1. The first-order valence-corrected chi connectivity index (χ1v) is 12.5. The van der Waals surface area contributed by atoms with E-state index in [1.54, 1.807) is 18.7 Å². The van der Waals surface area contributed by atoms with Crippen molar-refractivity contribution in [1.29, 1.82) is 0 Å². The van der Waals surface area contributed by atoms with Gasteiger partial charge in [-0.1, -0.05) is 5.16 Å². The van der Waals surface area contributed by atoms with Gasteiger partial charge in [-0.2, -0.15) is 17.5 Å². The van der Waals surface area contributed by atoms with Crippen LogP contribution in [0.5, 0.6) is 0 Å². The third-order valence-corrected chi connectivity index (χ3v) is 8.23. The Labute approximate surface area is 191 Å². The first-order chi connectivity index (χ1) is 15.5. The van der Waals surface area contributed by atoms with E-state index in [4.69, 9.17) is 4.52 Å². The summed E-state index contributed by atoms with van der Waals surface area (Å²) < 4.78 is 73.1. The highest BCUT2D eigenvalue weighted by Crippen LogP contribution is 2.28. The van der Waals surface area contributed by atoms with Crippen LogP contribution in [0, 0.1) is 19.8 Å². The SMILES string of the molecule is Cc1noc(C)c1S(=O)(=O)N1CCC(C(=O)N2CCN(CCCOCC(F)(F)F)CC2)CC1. The summed E-state index contributed by atoms with van der Waals surface area (Å²) >= 11 is 0. The van der Waals surface area contributed by atoms with Gasteiger partial charge in [0.15, 0.2) is 5.76 Å². The monoisotopic (exact) mass is 496 g/mol. The zero-order valence-electron chi connectivity index (χ0n) is 18.9. The number of hydrogen-bond acceptors (Lipinski definition) is 7. The van der Waals surface area contributed by atoms with Crippen LogP contribution in [0.15, 0.2) is 9.42 Å². The molecule has 0 spiro atoms. The lowest BCUT2D eigenvalue weighted by Gasteiger charge is -2.38. The van der Waals surface area contributed by atoms with Crippen molar-refractivity contribution in [3.8, 4) is 0 Å². The molecule has 3 rings (SSSR count). The number of piperidine rings is 1. The number of piperazine rings is 1. The molecule has 2 aliphatic rings. The molecule has 1 amide bonds. The van der Waals surface area contributed by atoms with Crippen LogP contribution in [0.25, 0.3) is 0 Å². The fraction of sp³-hybridized carbons (Fsp3) is 0.800. The van der Waals surface area contributed by atoms with Crippen molar-refractivity contribution >= 4 is 15.9 Å². The molecule has 0 N–H and O–H groups in total. The predicted octanol–water partition coefficient (Wildman–Crippen LogP) is 1.81. The van der Waals surface area contributed by atoms with E-state index in [9.17, 15) is 26.4 Å². The van der Waals surface area contributed by atoms with Gasteiger partial charge in [0, 0.05) is 58.3 Å². The second-order valence-corrected chi connectivity index (χ2v) is 10.4. The molecule has 1 aromatic heterocycles. The minimum Gasteiger partial charge on any atom is -0.372 e. The molecule has 2 fully saturated rings. The van der Waals surface area contributed by atoms with Crippen LogP contribution >= 0.6 is 0 Å². The number of alkyl halides is 3. The van der Waals surface area contributed by atoms with Crippen LogP contribution in [0.4, 0.5) is 13.2 Å². The van der Waals surface area contributed by atoms with E-state index in [1.165, 1.54) is 4.31 Å². The fourth-order valence-electron chi connectivity index (χ4n) is 4.34. The minimum atomic E-state index is -4.30. The summed E-state index contributed by atoms with van der Waals surface area (Å²) in [7, 11) is -3.71. The van der Waals surface area contributed by atoms with Crippen molar-refractivity contribution in [1.82, 2.24) is 19.3 Å². The summed E-state index contributed by atoms with van der Waals surface area (Å²) in [5.41, 5.74) is 0.329. The van der Waals surface area contributed by atoms with Crippen molar-refractivity contribution in [2.45, 2.75) is 44.2 Å². The largest absolute Gasteiger partial charge is 0.411 e. The lowest BCUT2D eigenvalue weighted by molar-refractivity contribution is -0.174.